The van der Waals surface area contributed by atoms with Gasteiger partial charge in [-0.2, -0.15) is 0 Å². The second-order valence-corrected chi connectivity index (χ2v) is 5.27. The zero-order valence-electron chi connectivity index (χ0n) is 13.1. The lowest BCUT2D eigenvalue weighted by atomic mass is 10.1. The fourth-order valence-corrected chi connectivity index (χ4v) is 2.20. The Bertz CT molecular complexity index is 432. The van der Waals surface area contributed by atoms with Crippen molar-refractivity contribution < 1.29 is 9.53 Å². The number of hydrogen-bond acceptors (Lipinski definition) is 4. The quantitative estimate of drug-likeness (QED) is 0.777. The van der Waals surface area contributed by atoms with Crippen LogP contribution in [0.2, 0.25) is 0 Å². The van der Waals surface area contributed by atoms with E-state index in [9.17, 15) is 4.79 Å². The number of methoxy groups -OCH3 is 1. The molecule has 4 nitrogen and oxygen atoms in total. The van der Waals surface area contributed by atoms with Crippen LogP contribution in [-0.2, 0) is 9.53 Å². The van der Waals surface area contributed by atoms with Crippen LogP contribution in [0.15, 0.2) is 24.3 Å². The van der Waals surface area contributed by atoms with Crippen molar-refractivity contribution in [3.63, 3.8) is 0 Å². The molecule has 0 aliphatic carbocycles. The van der Waals surface area contributed by atoms with Gasteiger partial charge in [0.25, 0.3) is 0 Å². The average molecular weight is 278 g/mol. The monoisotopic (exact) mass is 278 g/mol. The zero-order valence-corrected chi connectivity index (χ0v) is 13.1. The highest BCUT2D eigenvalue weighted by Crippen LogP contribution is 2.16. The van der Waals surface area contributed by atoms with E-state index in [-0.39, 0.29) is 18.1 Å². The summed E-state index contributed by atoms with van der Waals surface area (Å²) in [7, 11) is 1.43. The van der Waals surface area contributed by atoms with E-state index in [4.69, 9.17) is 4.74 Å². The summed E-state index contributed by atoms with van der Waals surface area (Å²) in [5.74, 6) is -0.218. The van der Waals surface area contributed by atoms with Gasteiger partial charge in [0.2, 0.25) is 0 Å². The summed E-state index contributed by atoms with van der Waals surface area (Å²) in [4.78, 5) is 14.1. The predicted octanol–water partition coefficient (Wildman–Crippen LogP) is 2.36. The smallest absolute Gasteiger partial charge is 0.324 e. The van der Waals surface area contributed by atoms with Gasteiger partial charge in [0, 0.05) is 24.8 Å². The molecule has 0 aliphatic rings. The lowest BCUT2D eigenvalue weighted by molar-refractivity contribution is -0.143. The molecule has 0 fully saturated rings. The summed E-state index contributed by atoms with van der Waals surface area (Å²) in [6.07, 6.45) is 0. The molecule has 0 spiro atoms. The van der Waals surface area contributed by atoms with Gasteiger partial charge in [-0.25, -0.2) is 0 Å². The maximum atomic E-state index is 11.9. The first-order chi connectivity index (χ1) is 9.47. The van der Waals surface area contributed by atoms with Crippen LogP contribution in [0.25, 0.3) is 0 Å². The van der Waals surface area contributed by atoms with E-state index in [0.29, 0.717) is 6.54 Å². The number of anilines is 1. The molecule has 1 N–H and O–H groups in total. The Balaban J connectivity index is 2.85. The molecule has 1 aromatic carbocycles. The van der Waals surface area contributed by atoms with Gasteiger partial charge in [-0.1, -0.05) is 26.0 Å². The number of aryl methyl sites for hydroxylation is 1. The van der Waals surface area contributed by atoms with E-state index < -0.39 is 0 Å². The summed E-state index contributed by atoms with van der Waals surface area (Å²) in [5, 5.41) is 3.26. The van der Waals surface area contributed by atoms with Crippen LogP contribution in [0, 0.1) is 6.92 Å². The van der Waals surface area contributed by atoms with Crippen LogP contribution in [0.3, 0.4) is 0 Å². The fraction of sp³-hybridized carbons (Fsp3) is 0.562. The lowest BCUT2D eigenvalue weighted by Gasteiger charge is -2.29. The van der Waals surface area contributed by atoms with Gasteiger partial charge in [0.05, 0.1) is 7.11 Å². The Kier molecular flexibility index (Phi) is 6.52. The van der Waals surface area contributed by atoms with Gasteiger partial charge in [-0.05, 0) is 31.5 Å². The molecule has 1 atom stereocenters. The first kappa shape index (κ1) is 16.5. The highest BCUT2D eigenvalue weighted by atomic mass is 16.5. The molecule has 1 unspecified atom stereocenters. The van der Waals surface area contributed by atoms with Crippen LogP contribution in [0.4, 0.5) is 5.69 Å². The minimum absolute atomic E-state index is 0.218. The van der Waals surface area contributed by atoms with Gasteiger partial charge in [0.15, 0.2) is 0 Å². The molecule has 112 valence electrons. The van der Waals surface area contributed by atoms with Gasteiger partial charge in [0.1, 0.15) is 6.04 Å². The second kappa shape index (κ2) is 7.90. The molecule has 0 saturated heterocycles. The van der Waals surface area contributed by atoms with Crippen LogP contribution in [0.5, 0.6) is 0 Å². The van der Waals surface area contributed by atoms with E-state index in [0.717, 1.165) is 12.2 Å². The lowest BCUT2D eigenvalue weighted by Crippen LogP contribution is -2.49. The first-order valence-corrected chi connectivity index (χ1v) is 7.13. The number of nitrogens with zero attached hydrogens (tertiary/aromatic N) is 1. The average Bonchev–Trinajstić information content (AvgIpc) is 2.42. The first-order valence-electron chi connectivity index (χ1n) is 7.13. The van der Waals surface area contributed by atoms with Crippen molar-refractivity contribution in [1.82, 2.24) is 5.32 Å². The Morgan fingerprint density at radius 1 is 1.40 bits per heavy atom. The standard InChI is InChI=1S/C16H26N2O2/c1-6-18(14-9-7-8-13(4)10-14)11-15(16(19)20-5)17-12(2)3/h7-10,12,15,17H,6,11H2,1-5H3. The molecule has 0 aliphatic heterocycles. The van der Waals surface area contributed by atoms with Crippen molar-refractivity contribution in [1.29, 1.82) is 0 Å². The van der Waals surface area contributed by atoms with Gasteiger partial charge in [-0.15, -0.1) is 0 Å². The summed E-state index contributed by atoms with van der Waals surface area (Å²) >= 11 is 0. The molecular weight excluding hydrogens is 252 g/mol. The minimum Gasteiger partial charge on any atom is -0.468 e. The van der Waals surface area contributed by atoms with Crippen molar-refractivity contribution in [2.24, 2.45) is 0 Å². The van der Waals surface area contributed by atoms with Crippen LogP contribution < -0.4 is 10.2 Å². The predicted molar refractivity (Wildman–Crippen MR) is 83.1 cm³/mol. The number of esters is 1. The van der Waals surface area contributed by atoms with Crippen LogP contribution in [-0.4, -0.2) is 38.3 Å². The molecule has 4 heteroatoms. The number of carbonyl (C=O) groups is 1. The van der Waals surface area contributed by atoms with Crippen molar-refractivity contribution in [2.75, 3.05) is 25.1 Å². The second-order valence-electron chi connectivity index (χ2n) is 5.27. The van der Waals surface area contributed by atoms with E-state index in [1.807, 2.05) is 19.9 Å². The highest BCUT2D eigenvalue weighted by molar-refractivity contribution is 5.76. The number of hydrogen-bond donors (Lipinski definition) is 1. The molecule has 0 amide bonds. The summed E-state index contributed by atoms with van der Waals surface area (Å²) < 4.78 is 4.89. The Morgan fingerprint density at radius 2 is 2.10 bits per heavy atom. The van der Waals surface area contributed by atoms with Gasteiger partial charge in [-0.3, -0.25) is 4.79 Å². The maximum Gasteiger partial charge on any atom is 0.324 e. The SMILES string of the molecule is CCN(CC(NC(C)C)C(=O)OC)c1cccc(C)c1. The molecular formula is C16H26N2O2. The summed E-state index contributed by atoms with van der Waals surface area (Å²) in [6, 6.07) is 8.22. The molecule has 0 aromatic heterocycles. The molecule has 0 bridgehead atoms. The molecule has 0 saturated carbocycles. The Labute approximate surface area is 122 Å². The third-order valence-corrected chi connectivity index (χ3v) is 3.17. The number of carbonyl (C=O) groups excluding carboxylic acids is 1. The minimum atomic E-state index is -0.319. The third-order valence-electron chi connectivity index (χ3n) is 3.17. The largest absolute Gasteiger partial charge is 0.468 e. The van der Waals surface area contributed by atoms with Gasteiger partial charge >= 0.3 is 5.97 Å². The van der Waals surface area contributed by atoms with Gasteiger partial charge < -0.3 is 15.0 Å². The molecule has 0 heterocycles. The zero-order chi connectivity index (χ0) is 15.1. The number of likely N-dealkylation sites (N-methyl/N-ethyl adjacent to an activating group) is 1. The van der Waals surface area contributed by atoms with Crippen LogP contribution in [0.1, 0.15) is 26.3 Å². The Hall–Kier alpha value is -1.55. The molecule has 1 rings (SSSR count). The van der Waals surface area contributed by atoms with Crippen molar-refractivity contribution in [2.45, 2.75) is 39.8 Å². The van der Waals surface area contributed by atoms with E-state index in [1.165, 1.54) is 12.7 Å². The number of nitrogens with one attached hydrogen (secondary N) is 1. The Morgan fingerprint density at radius 3 is 2.60 bits per heavy atom. The third kappa shape index (κ3) is 4.85. The molecule has 1 aromatic rings. The molecule has 20 heavy (non-hydrogen) atoms. The number of rotatable bonds is 7. The highest BCUT2D eigenvalue weighted by Gasteiger charge is 2.22. The normalized spacial score (nSPS) is 12.3. The topological polar surface area (TPSA) is 41.6 Å². The van der Waals surface area contributed by atoms with E-state index >= 15 is 0 Å². The molecule has 0 radical (unpaired) electrons. The van der Waals surface area contributed by atoms with Crippen molar-refractivity contribution in [3.8, 4) is 0 Å². The number of ether oxygens (including phenoxy) is 1. The number of benzene rings is 1. The summed E-state index contributed by atoms with van der Waals surface area (Å²) in [6.45, 7) is 9.66. The van der Waals surface area contributed by atoms with Crippen molar-refractivity contribution in [3.05, 3.63) is 29.8 Å². The van der Waals surface area contributed by atoms with E-state index in [2.05, 4.69) is 42.3 Å². The van der Waals surface area contributed by atoms with Crippen molar-refractivity contribution >= 4 is 11.7 Å². The summed E-state index contributed by atoms with van der Waals surface area (Å²) in [5.41, 5.74) is 2.35. The maximum absolute atomic E-state index is 11.9. The fourth-order valence-electron chi connectivity index (χ4n) is 2.20. The van der Waals surface area contributed by atoms with Crippen LogP contribution >= 0.6 is 0 Å². The van der Waals surface area contributed by atoms with E-state index in [1.54, 1.807) is 0 Å².